The van der Waals surface area contributed by atoms with Crippen molar-refractivity contribution in [3.63, 3.8) is 0 Å². The van der Waals surface area contributed by atoms with Gasteiger partial charge < -0.3 is 21.5 Å². The molecule has 6 nitrogen and oxygen atoms in total. The summed E-state index contributed by atoms with van der Waals surface area (Å²) in [6.45, 7) is -0.136. The van der Waals surface area contributed by atoms with Crippen LogP contribution in [0.4, 0.5) is 14.5 Å². The number of para-hydroxylation sites is 1. The van der Waals surface area contributed by atoms with Gasteiger partial charge in [-0.2, -0.15) is 0 Å². The van der Waals surface area contributed by atoms with Crippen molar-refractivity contribution in [2.45, 2.75) is 25.3 Å². The number of nitrogens with one attached hydrogen (secondary N) is 1. The normalized spacial score (nSPS) is 11.7. The van der Waals surface area contributed by atoms with Crippen LogP contribution in [0.3, 0.4) is 0 Å². The smallest absolute Gasteiger partial charge is 0.251 e. The highest BCUT2D eigenvalue weighted by Gasteiger charge is 2.23. The molecule has 0 fully saturated rings. The van der Waals surface area contributed by atoms with Crippen LogP contribution in [-0.4, -0.2) is 30.9 Å². The van der Waals surface area contributed by atoms with Crippen molar-refractivity contribution in [2.75, 3.05) is 18.9 Å². The first kappa shape index (κ1) is 21.3. The van der Waals surface area contributed by atoms with Gasteiger partial charge in [-0.15, -0.1) is 0 Å². The van der Waals surface area contributed by atoms with Crippen molar-refractivity contribution in [2.24, 2.45) is 5.73 Å². The zero-order chi connectivity index (χ0) is 20.5. The average Bonchev–Trinajstić information content (AvgIpc) is 2.66. The number of carbonyl (C=O) groups is 2. The molecule has 2 aromatic rings. The Labute approximate surface area is 161 Å². The molecular formula is C20H23F2N3O3. The molecule has 0 aliphatic carbocycles. The molecule has 0 heterocycles. The third-order valence-corrected chi connectivity index (χ3v) is 4.07. The summed E-state index contributed by atoms with van der Waals surface area (Å²) in [4.78, 5) is 24.9. The minimum Gasteiger partial charge on any atom is -0.480 e. The third-order valence-electron chi connectivity index (χ3n) is 4.07. The topological polar surface area (TPSA) is 107 Å². The highest BCUT2D eigenvalue weighted by atomic mass is 19.1. The van der Waals surface area contributed by atoms with Crippen molar-refractivity contribution in [1.82, 2.24) is 5.32 Å². The van der Waals surface area contributed by atoms with Gasteiger partial charge in [0, 0.05) is 11.3 Å². The number of Topliss-reactive ketones (excluding diaryl/α,β-unsaturated/α-hetero) is 1. The average molecular weight is 391 g/mol. The van der Waals surface area contributed by atoms with Gasteiger partial charge in [0.2, 0.25) is 0 Å². The number of rotatable bonds is 10. The fraction of sp³-hybridized carbons (Fsp3) is 0.300. The van der Waals surface area contributed by atoms with Gasteiger partial charge in [0.05, 0.1) is 6.04 Å². The number of benzene rings is 2. The lowest BCUT2D eigenvalue weighted by Crippen LogP contribution is -2.43. The lowest BCUT2D eigenvalue weighted by Gasteiger charge is -2.18. The van der Waals surface area contributed by atoms with Crippen LogP contribution < -0.4 is 21.5 Å². The number of halogens is 2. The van der Waals surface area contributed by atoms with Crippen LogP contribution >= 0.6 is 0 Å². The van der Waals surface area contributed by atoms with Crippen molar-refractivity contribution in [3.8, 4) is 5.75 Å². The molecule has 2 rings (SSSR count). The second kappa shape index (κ2) is 10.4. The molecular weight excluding hydrogens is 368 g/mol. The summed E-state index contributed by atoms with van der Waals surface area (Å²) >= 11 is 0. The van der Waals surface area contributed by atoms with Gasteiger partial charge in [0.25, 0.3) is 5.91 Å². The maximum absolute atomic E-state index is 13.6. The molecule has 0 aliphatic heterocycles. The second-order valence-corrected chi connectivity index (χ2v) is 6.24. The predicted molar refractivity (Wildman–Crippen MR) is 102 cm³/mol. The fourth-order valence-corrected chi connectivity index (χ4v) is 2.59. The van der Waals surface area contributed by atoms with E-state index in [-0.39, 0.29) is 0 Å². The highest BCUT2D eigenvalue weighted by molar-refractivity contribution is 5.98. The SMILES string of the molecule is NCCCC[C@H](NC(=O)c1cccc(N)c1)C(=O)COc1c(F)cccc1F. The molecule has 0 radical (unpaired) electrons. The summed E-state index contributed by atoms with van der Waals surface area (Å²) in [6, 6.07) is 8.69. The number of amides is 1. The summed E-state index contributed by atoms with van der Waals surface area (Å²) in [5, 5.41) is 2.63. The number of unbranched alkanes of at least 4 members (excludes halogenated alkanes) is 1. The van der Waals surface area contributed by atoms with Crippen LogP contribution in [0.5, 0.6) is 5.75 Å². The summed E-state index contributed by atoms with van der Waals surface area (Å²) in [6.07, 6.45) is 1.59. The zero-order valence-corrected chi connectivity index (χ0v) is 15.3. The quantitative estimate of drug-likeness (QED) is 0.426. The molecule has 0 unspecified atom stereocenters. The first-order chi connectivity index (χ1) is 13.4. The van der Waals surface area contributed by atoms with Gasteiger partial charge in [0.1, 0.15) is 6.61 Å². The van der Waals surface area contributed by atoms with Crippen LogP contribution in [0.1, 0.15) is 29.6 Å². The lowest BCUT2D eigenvalue weighted by atomic mass is 10.0. The molecule has 1 amide bonds. The first-order valence-corrected chi connectivity index (χ1v) is 8.88. The third kappa shape index (κ3) is 6.02. The number of hydrogen-bond acceptors (Lipinski definition) is 5. The lowest BCUT2D eigenvalue weighted by molar-refractivity contribution is -0.123. The molecule has 0 bridgehead atoms. The van der Waals surface area contributed by atoms with Crippen LogP contribution in [0, 0.1) is 11.6 Å². The minimum absolute atomic E-state index is 0.303. The van der Waals surface area contributed by atoms with Crippen molar-refractivity contribution < 1.29 is 23.1 Å². The Hall–Kier alpha value is -3.00. The molecule has 150 valence electrons. The monoisotopic (exact) mass is 391 g/mol. The molecule has 5 N–H and O–H groups in total. The molecule has 0 aromatic heterocycles. The number of anilines is 1. The molecule has 1 atom stereocenters. The molecule has 0 saturated carbocycles. The van der Waals surface area contributed by atoms with E-state index in [1.54, 1.807) is 18.2 Å². The van der Waals surface area contributed by atoms with Crippen LogP contribution in [0.15, 0.2) is 42.5 Å². The standard InChI is InChI=1S/C20H23F2N3O3/c21-15-7-4-8-16(22)19(15)28-12-18(26)17(9-1-2-10-23)25-20(27)13-5-3-6-14(24)11-13/h3-8,11,17H,1-2,9-10,12,23-24H2,(H,25,27)/t17-/m0/s1. The summed E-state index contributed by atoms with van der Waals surface area (Å²) in [5.41, 5.74) is 11.9. The Morgan fingerprint density at radius 3 is 2.39 bits per heavy atom. The van der Waals surface area contributed by atoms with Crippen molar-refractivity contribution in [3.05, 3.63) is 59.7 Å². The maximum atomic E-state index is 13.6. The van der Waals surface area contributed by atoms with E-state index in [2.05, 4.69) is 5.32 Å². The molecule has 0 spiro atoms. The molecule has 0 saturated heterocycles. The summed E-state index contributed by atoms with van der Waals surface area (Å²) in [7, 11) is 0. The fourth-order valence-electron chi connectivity index (χ4n) is 2.59. The van der Waals surface area contributed by atoms with Crippen molar-refractivity contribution in [1.29, 1.82) is 0 Å². The molecule has 28 heavy (non-hydrogen) atoms. The Balaban J connectivity index is 2.06. The van der Waals surface area contributed by atoms with Gasteiger partial charge in [-0.3, -0.25) is 9.59 Å². The number of carbonyl (C=O) groups excluding carboxylic acids is 2. The van der Waals surface area contributed by atoms with E-state index in [0.717, 1.165) is 12.1 Å². The van der Waals surface area contributed by atoms with E-state index >= 15 is 0 Å². The Bertz CT molecular complexity index is 810. The molecule has 0 aliphatic rings. The molecule has 2 aromatic carbocycles. The number of ketones is 1. The molecule has 8 heteroatoms. The maximum Gasteiger partial charge on any atom is 0.251 e. The minimum atomic E-state index is -0.906. The summed E-state index contributed by atoms with van der Waals surface area (Å²) < 4.78 is 32.3. The van der Waals surface area contributed by atoms with Crippen LogP contribution in [0.2, 0.25) is 0 Å². The van der Waals surface area contributed by atoms with Crippen LogP contribution in [0.25, 0.3) is 0 Å². The number of nitrogen functional groups attached to an aromatic ring is 1. The number of nitrogens with two attached hydrogens (primary N) is 2. The van der Waals surface area contributed by atoms with Gasteiger partial charge >= 0.3 is 0 Å². The van der Waals surface area contributed by atoms with E-state index in [4.69, 9.17) is 16.2 Å². The van der Waals surface area contributed by atoms with E-state index in [1.807, 2.05) is 0 Å². The Morgan fingerprint density at radius 2 is 1.75 bits per heavy atom. The van der Waals surface area contributed by atoms with Gasteiger partial charge in [-0.1, -0.05) is 12.1 Å². The summed E-state index contributed by atoms with van der Waals surface area (Å²) in [5.74, 6) is -3.42. The predicted octanol–water partition coefficient (Wildman–Crippen LogP) is 2.42. The number of hydrogen-bond donors (Lipinski definition) is 3. The Morgan fingerprint density at radius 1 is 1.07 bits per heavy atom. The van der Waals surface area contributed by atoms with E-state index in [1.165, 1.54) is 12.1 Å². The van der Waals surface area contributed by atoms with Gasteiger partial charge in [-0.25, -0.2) is 8.78 Å². The van der Waals surface area contributed by atoms with E-state index in [0.29, 0.717) is 37.1 Å². The first-order valence-electron chi connectivity index (χ1n) is 8.88. The van der Waals surface area contributed by atoms with Gasteiger partial charge in [-0.05, 0) is 56.1 Å². The largest absolute Gasteiger partial charge is 0.480 e. The zero-order valence-electron chi connectivity index (χ0n) is 15.3. The second-order valence-electron chi connectivity index (χ2n) is 6.24. The van der Waals surface area contributed by atoms with E-state index < -0.39 is 41.7 Å². The Kier molecular flexibility index (Phi) is 7.88. The van der Waals surface area contributed by atoms with Crippen molar-refractivity contribution >= 4 is 17.4 Å². The highest BCUT2D eigenvalue weighted by Crippen LogP contribution is 2.21. The van der Waals surface area contributed by atoms with E-state index in [9.17, 15) is 18.4 Å². The van der Waals surface area contributed by atoms with Crippen LogP contribution in [-0.2, 0) is 4.79 Å². The van der Waals surface area contributed by atoms with Gasteiger partial charge in [0.15, 0.2) is 23.2 Å². The number of ether oxygens (including phenoxy) is 1.